The molecule has 8 rings (SSSR count). The van der Waals surface area contributed by atoms with Crippen LogP contribution in [0, 0.1) is 45.3 Å². The van der Waals surface area contributed by atoms with E-state index in [2.05, 4.69) is 44.4 Å². The molecule has 1 N–H and O–H groups in total. The van der Waals surface area contributed by atoms with E-state index in [1.165, 1.54) is 70.9 Å². The summed E-state index contributed by atoms with van der Waals surface area (Å²) in [5.41, 5.74) is 0.737. The third kappa shape index (κ3) is 5.11. The fourth-order valence-corrected chi connectivity index (χ4v) is 14.0. The van der Waals surface area contributed by atoms with Crippen molar-refractivity contribution in [3.63, 3.8) is 0 Å². The van der Waals surface area contributed by atoms with E-state index in [0.29, 0.717) is 47.0 Å². The minimum Gasteiger partial charge on any atom is -0.388 e. The Hall–Kier alpha value is -0.280. The van der Waals surface area contributed by atoms with Gasteiger partial charge in [-0.05, 0) is 144 Å². The smallest absolute Gasteiger partial charge is 0.170 e. The van der Waals surface area contributed by atoms with Gasteiger partial charge in [-0.15, -0.1) is 0 Å². The third-order valence-corrected chi connectivity index (χ3v) is 16.5. The number of hydrogen-bond donors (Lipinski definition) is 1. The maximum Gasteiger partial charge on any atom is 0.170 e. The Morgan fingerprint density at radius 3 is 2.40 bits per heavy atom. The Morgan fingerprint density at radius 2 is 1.68 bits per heavy atom. The molecule has 3 heterocycles. The zero-order chi connectivity index (χ0) is 33.1. The Labute approximate surface area is 286 Å². The number of ether oxygens (including phenoxy) is 4. The summed E-state index contributed by atoms with van der Waals surface area (Å²) in [6.45, 7) is 24.0. The van der Waals surface area contributed by atoms with Gasteiger partial charge in [-0.25, -0.2) is 0 Å². The predicted octanol–water partition coefficient (Wildman–Crippen LogP) is 6.51. The SMILES string of the molecule is CCO[C@@H](C1CCC2C(CC3C4CCC5C(C)(C)C(OC6CN(C7CN(C(C)C)C7)CCO6)CCC56C[C@@]46CCC23C)O1)C(C)(C)O. The molecule has 8 fully saturated rings. The first-order valence-electron chi connectivity index (χ1n) is 20.0. The van der Waals surface area contributed by atoms with Crippen LogP contribution in [0.2, 0.25) is 0 Å². The fraction of sp³-hybridized carbons (Fsp3) is 1.00. The molecule has 3 aliphatic heterocycles. The second-order valence-corrected chi connectivity index (χ2v) is 19.5. The van der Waals surface area contributed by atoms with Crippen molar-refractivity contribution in [1.29, 1.82) is 0 Å². The first-order chi connectivity index (χ1) is 22.2. The molecule has 0 bridgehead atoms. The molecule has 5 aliphatic carbocycles. The molecule has 0 aromatic heterocycles. The van der Waals surface area contributed by atoms with Crippen LogP contribution in [0.5, 0.6) is 0 Å². The average Bonchev–Trinajstić information content (AvgIpc) is 3.56. The fourth-order valence-electron chi connectivity index (χ4n) is 14.0. The lowest BCUT2D eigenvalue weighted by molar-refractivity contribution is -0.250. The van der Waals surface area contributed by atoms with E-state index in [1.54, 1.807) is 0 Å². The monoisotopic (exact) mass is 657 g/mol. The van der Waals surface area contributed by atoms with Crippen LogP contribution in [0.15, 0.2) is 0 Å². The highest BCUT2D eigenvalue weighted by molar-refractivity contribution is 5.29. The summed E-state index contributed by atoms with van der Waals surface area (Å²) in [6, 6.07) is 1.31. The third-order valence-electron chi connectivity index (χ3n) is 16.5. The highest BCUT2D eigenvalue weighted by Gasteiger charge is 2.80. The van der Waals surface area contributed by atoms with Gasteiger partial charge in [0.2, 0.25) is 0 Å². The van der Waals surface area contributed by atoms with Crippen LogP contribution in [0.4, 0.5) is 0 Å². The molecule has 12 atom stereocenters. The van der Waals surface area contributed by atoms with Gasteiger partial charge >= 0.3 is 0 Å². The zero-order valence-electron chi connectivity index (χ0n) is 31.1. The number of aliphatic hydroxyl groups is 1. The zero-order valence-corrected chi connectivity index (χ0v) is 31.1. The lowest BCUT2D eigenvalue weighted by atomic mass is 9.46. The standard InChI is InChI=1S/C40H68N2O5/c1-9-44-35(37(6,7)43)30-12-10-28-31(46-30)20-29-27-11-13-32-36(4,5)33(14-15-40(32)24-39(27,40)17-16-38(28,29)8)47-34-23-41(18-19-45-34)26-21-42(22-26)25(2)3/h25-35,43H,9-24H2,1-8H3/t27?,28?,29?,30?,31?,32?,33?,34?,35-,38?,39-,40?/m0/s1. The van der Waals surface area contributed by atoms with E-state index in [9.17, 15) is 5.11 Å². The van der Waals surface area contributed by atoms with Gasteiger partial charge < -0.3 is 24.1 Å². The normalized spacial score (nSPS) is 48.9. The number of hydrogen-bond acceptors (Lipinski definition) is 7. The Kier molecular flexibility index (Phi) is 8.36. The number of likely N-dealkylation sites (tertiary alicyclic amines) is 1. The highest BCUT2D eigenvalue weighted by atomic mass is 16.7. The van der Waals surface area contributed by atoms with Gasteiger partial charge in [0.05, 0.1) is 30.5 Å². The Balaban J connectivity index is 0.937. The predicted molar refractivity (Wildman–Crippen MR) is 184 cm³/mol. The molecular formula is C40H68N2O5. The molecule has 0 aromatic rings. The average molecular weight is 657 g/mol. The van der Waals surface area contributed by atoms with E-state index >= 15 is 0 Å². The summed E-state index contributed by atoms with van der Waals surface area (Å²) in [4.78, 5) is 5.23. The van der Waals surface area contributed by atoms with Gasteiger partial charge in [0.15, 0.2) is 6.29 Å². The van der Waals surface area contributed by atoms with E-state index in [1.807, 2.05) is 20.8 Å². The van der Waals surface area contributed by atoms with Crippen LogP contribution < -0.4 is 0 Å². The van der Waals surface area contributed by atoms with Gasteiger partial charge in [-0.2, -0.15) is 0 Å². The summed E-state index contributed by atoms with van der Waals surface area (Å²) in [5, 5.41) is 11.0. The Bertz CT molecular complexity index is 1170. The largest absolute Gasteiger partial charge is 0.388 e. The minimum atomic E-state index is -0.893. The minimum absolute atomic E-state index is 0.00308. The van der Waals surface area contributed by atoms with Crippen LogP contribution >= 0.6 is 0 Å². The topological polar surface area (TPSA) is 63.6 Å². The quantitative estimate of drug-likeness (QED) is 0.320. The van der Waals surface area contributed by atoms with E-state index < -0.39 is 5.60 Å². The van der Waals surface area contributed by atoms with E-state index in [0.717, 1.165) is 43.9 Å². The van der Waals surface area contributed by atoms with Gasteiger partial charge in [-0.3, -0.25) is 9.80 Å². The van der Waals surface area contributed by atoms with Crippen LogP contribution in [0.25, 0.3) is 0 Å². The van der Waals surface area contributed by atoms with Crippen LogP contribution in [-0.2, 0) is 18.9 Å². The van der Waals surface area contributed by atoms with Crippen molar-refractivity contribution in [2.24, 2.45) is 45.3 Å². The molecule has 0 radical (unpaired) electrons. The van der Waals surface area contributed by atoms with Crippen molar-refractivity contribution in [1.82, 2.24) is 9.80 Å². The molecule has 5 saturated carbocycles. The number of nitrogens with zero attached hydrogens (tertiary/aromatic N) is 2. The van der Waals surface area contributed by atoms with Gasteiger partial charge in [-0.1, -0.05) is 20.8 Å². The molecule has 7 heteroatoms. The lowest BCUT2D eigenvalue weighted by Crippen LogP contribution is -2.64. The molecule has 47 heavy (non-hydrogen) atoms. The molecule has 10 unspecified atom stereocenters. The maximum absolute atomic E-state index is 11.0. The summed E-state index contributed by atoms with van der Waals surface area (Å²) in [7, 11) is 0. The molecule has 268 valence electrons. The highest BCUT2D eigenvalue weighted by Crippen LogP contribution is 2.87. The molecule has 7 nitrogen and oxygen atoms in total. The van der Waals surface area contributed by atoms with Crippen molar-refractivity contribution in [3.05, 3.63) is 0 Å². The van der Waals surface area contributed by atoms with Crippen LogP contribution in [0.3, 0.4) is 0 Å². The summed E-state index contributed by atoms with van der Waals surface area (Å²) >= 11 is 0. The summed E-state index contributed by atoms with van der Waals surface area (Å²) < 4.78 is 26.4. The lowest BCUT2D eigenvalue weighted by Gasteiger charge is -2.60. The van der Waals surface area contributed by atoms with Gasteiger partial charge in [0, 0.05) is 44.9 Å². The van der Waals surface area contributed by atoms with E-state index in [-0.39, 0.29) is 30.0 Å². The molecule has 8 aliphatic rings. The number of morpholine rings is 1. The van der Waals surface area contributed by atoms with E-state index in [4.69, 9.17) is 18.9 Å². The van der Waals surface area contributed by atoms with Crippen molar-refractivity contribution in [3.8, 4) is 0 Å². The van der Waals surface area contributed by atoms with Gasteiger partial charge in [0.25, 0.3) is 0 Å². The summed E-state index contributed by atoms with van der Waals surface area (Å²) in [5.74, 6) is 3.03. The molecular weight excluding hydrogens is 588 g/mol. The maximum atomic E-state index is 11.0. The van der Waals surface area contributed by atoms with Crippen molar-refractivity contribution in [2.75, 3.05) is 39.4 Å². The molecule has 0 aromatic carbocycles. The van der Waals surface area contributed by atoms with Crippen molar-refractivity contribution >= 4 is 0 Å². The van der Waals surface area contributed by atoms with Crippen LogP contribution in [0.1, 0.15) is 120 Å². The first kappa shape index (κ1) is 33.8. The van der Waals surface area contributed by atoms with Crippen molar-refractivity contribution in [2.45, 2.75) is 168 Å². The molecule has 3 saturated heterocycles. The van der Waals surface area contributed by atoms with Gasteiger partial charge in [0.1, 0.15) is 6.10 Å². The second kappa shape index (κ2) is 11.6. The molecule has 0 amide bonds. The first-order valence-corrected chi connectivity index (χ1v) is 20.0. The second-order valence-electron chi connectivity index (χ2n) is 19.5. The summed E-state index contributed by atoms with van der Waals surface area (Å²) in [6.07, 6.45) is 13.3. The van der Waals surface area contributed by atoms with Crippen LogP contribution in [-0.4, -0.2) is 103 Å². The van der Waals surface area contributed by atoms with Crippen molar-refractivity contribution < 1.29 is 24.1 Å². The number of rotatable bonds is 8. The molecule has 2 spiro atoms. The Morgan fingerprint density at radius 1 is 0.915 bits per heavy atom. The number of fused-ring (bicyclic) bond motifs is 4.